The minimum Gasteiger partial charge on any atom is -0.506 e. The van der Waals surface area contributed by atoms with Gasteiger partial charge in [-0.15, -0.1) is 11.3 Å². The van der Waals surface area contributed by atoms with Gasteiger partial charge >= 0.3 is 0 Å². The van der Waals surface area contributed by atoms with Gasteiger partial charge in [-0.2, -0.15) is 5.26 Å². The summed E-state index contributed by atoms with van der Waals surface area (Å²) in [5.74, 6) is 0.876. The summed E-state index contributed by atoms with van der Waals surface area (Å²) in [6.07, 6.45) is 4.79. The van der Waals surface area contributed by atoms with E-state index in [4.69, 9.17) is 0 Å². The molecule has 0 unspecified atom stereocenters. The van der Waals surface area contributed by atoms with E-state index < -0.39 is 0 Å². The maximum atomic E-state index is 10.2. The molecule has 0 amide bonds. The zero-order valence-electron chi connectivity index (χ0n) is 14.9. The summed E-state index contributed by atoms with van der Waals surface area (Å²) in [7, 11) is 0. The lowest BCUT2D eigenvalue weighted by Gasteiger charge is -2.33. The maximum Gasteiger partial charge on any atom is 0.137 e. The van der Waals surface area contributed by atoms with Crippen LogP contribution in [0.4, 0.5) is 5.00 Å². The molecule has 0 saturated carbocycles. The van der Waals surface area contributed by atoms with Crippen molar-refractivity contribution in [1.29, 1.82) is 5.26 Å². The number of phenolic OH excluding ortho intramolecular Hbond substituents is 1. The monoisotopic (exact) mass is 590 g/mol. The maximum absolute atomic E-state index is 10.2. The van der Waals surface area contributed by atoms with Crippen molar-refractivity contribution >= 4 is 67.7 Å². The minimum absolute atomic E-state index is 0.238. The second kappa shape index (κ2) is 7.76. The largest absolute Gasteiger partial charge is 0.506 e. The van der Waals surface area contributed by atoms with Gasteiger partial charge in [-0.05, 0) is 93.5 Å². The molecule has 1 heterocycles. The molecule has 136 valence electrons. The molecular formula is C20H20I2N2OS. The van der Waals surface area contributed by atoms with Crippen LogP contribution in [0.5, 0.6) is 5.75 Å². The number of fused-ring (bicyclic) bond motifs is 1. The fourth-order valence-corrected chi connectivity index (χ4v) is 6.44. The van der Waals surface area contributed by atoms with E-state index in [-0.39, 0.29) is 11.2 Å². The van der Waals surface area contributed by atoms with Crippen LogP contribution in [0, 0.1) is 29.8 Å². The number of hydrogen-bond donors (Lipinski definition) is 1. The summed E-state index contributed by atoms with van der Waals surface area (Å²) in [6, 6.07) is 6.18. The summed E-state index contributed by atoms with van der Waals surface area (Å²) in [5.41, 5.74) is 2.87. The number of nitriles is 1. The summed E-state index contributed by atoms with van der Waals surface area (Å²) < 4.78 is 1.85. The number of phenols is 1. The Hall–Kier alpha value is -0.660. The number of rotatable bonds is 2. The Morgan fingerprint density at radius 1 is 1.35 bits per heavy atom. The normalized spacial score (nSPS) is 17.3. The number of halogens is 2. The molecular weight excluding hydrogens is 570 g/mol. The molecule has 3 nitrogen and oxygen atoms in total. The zero-order chi connectivity index (χ0) is 19.1. The summed E-state index contributed by atoms with van der Waals surface area (Å²) in [5, 5.41) is 20.7. The van der Waals surface area contributed by atoms with Crippen LogP contribution in [0.15, 0.2) is 17.1 Å². The summed E-state index contributed by atoms with van der Waals surface area (Å²) in [6.45, 7) is 6.88. The van der Waals surface area contributed by atoms with Gasteiger partial charge in [0.1, 0.15) is 16.8 Å². The van der Waals surface area contributed by atoms with E-state index in [0.29, 0.717) is 17.0 Å². The molecule has 0 aliphatic heterocycles. The van der Waals surface area contributed by atoms with Crippen LogP contribution in [-0.4, -0.2) is 11.3 Å². The molecule has 0 fully saturated rings. The van der Waals surface area contributed by atoms with Crippen LogP contribution >= 0.6 is 56.5 Å². The molecule has 1 N–H and O–H groups in total. The molecule has 1 aliphatic carbocycles. The second-order valence-corrected chi connectivity index (χ2v) is 11.2. The van der Waals surface area contributed by atoms with Gasteiger partial charge in [-0.25, -0.2) is 4.99 Å². The zero-order valence-corrected chi connectivity index (χ0v) is 20.1. The molecule has 1 aromatic carbocycles. The lowest BCUT2D eigenvalue weighted by atomic mass is 9.72. The topological polar surface area (TPSA) is 56.4 Å². The molecule has 0 bridgehead atoms. The fraction of sp³-hybridized carbons (Fsp3) is 0.400. The molecule has 1 atom stereocenters. The Morgan fingerprint density at radius 3 is 2.73 bits per heavy atom. The first-order chi connectivity index (χ1) is 12.2. The second-order valence-electron chi connectivity index (χ2n) is 7.69. The van der Waals surface area contributed by atoms with E-state index in [1.165, 1.54) is 10.4 Å². The highest BCUT2D eigenvalue weighted by Crippen LogP contribution is 2.45. The number of aromatic hydroxyl groups is 1. The van der Waals surface area contributed by atoms with Crippen LogP contribution < -0.4 is 0 Å². The highest BCUT2D eigenvalue weighted by molar-refractivity contribution is 14.1. The predicted molar refractivity (Wildman–Crippen MR) is 125 cm³/mol. The molecule has 0 saturated heterocycles. The highest BCUT2D eigenvalue weighted by Gasteiger charge is 2.32. The Labute approximate surface area is 185 Å². The van der Waals surface area contributed by atoms with E-state index in [1.54, 1.807) is 17.6 Å². The standard InChI is InChI=1S/C20H20I2N2OS/c1-20(2,3)12-4-5-14-15(9-23)19(26-17(14)7-12)24-10-11-6-13(21)8-16(22)18(11)25/h6,8,10,12,25H,4-5,7H2,1-3H3/t12-/m1/s1. The van der Waals surface area contributed by atoms with Gasteiger partial charge in [0.05, 0.1) is 9.13 Å². The molecule has 6 heteroatoms. The van der Waals surface area contributed by atoms with Crippen molar-refractivity contribution in [2.75, 3.05) is 0 Å². The van der Waals surface area contributed by atoms with Crippen LogP contribution in [0.1, 0.15) is 48.8 Å². The van der Waals surface area contributed by atoms with Gasteiger partial charge in [0.15, 0.2) is 0 Å². The minimum atomic E-state index is 0.238. The van der Waals surface area contributed by atoms with Gasteiger partial charge < -0.3 is 5.11 Å². The van der Waals surface area contributed by atoms with E-state index in [2.05, 4.69) is 77.0 Å². The third-order valence-corrected chi connectivity index (χ3v) is 7.57. The molecule has 0 radical (unpaired) electrons. The number of nitrogens with zero attached hydrogens (tertiary/aromatic N) is 2. The van der Waals surface area contributed by atoms with Gasteiger partial charge in [0, 0.05) is 20.2 Å². The van der Waals surface area contributed by atoms with Crippen molar-refractivity contribution in [1.82, 2.24) is 0 Å². The third kappa shape index (κ3) is 4.09. The Balaban J connectivity index is 1.96. The lowest BCUT2D eigenvalue weighted by molar-refractivity contribution is 0.218. The molecule has 1 aromatic heterocycles. The first kappa shape index (κ1) is 20.1. The number of aliphatic imine (C=N–C) groups is 1. The van der Waals surface area contributed by atoms with Crippen molar-refractivity contribution in [3.8, 4) is 11.8 Å². The Kier molecular flexibility index (Phi) is 5.99. The van der Waals surface area contributed by atoms with Crippen molar-refractivity contribution in [3.05, 3.63) is 40.8 Å². The van der Waals surface area contributed by atoms with E-state index >= 15 is 0 Å². The Bertz CT molecular complexity index is 919. The summed E-state index contributed by atoms with van der Waals surface area (Å²) in [4.78, 5) is 5.89. The smallest absolute Gasteiger partial charge is 0.137 e. The lowest BCUT2D eigenvalue weighted by Crippen LogP contribution is -2.26. The Morgan fingerprint density at radius 2 is 2.08 bits per heavy atom. The average molecular weight is 590 g/mol. The molecule has 0 spiro atoms. The average Bonchev–Trinajstić information content (AvgIpc) is 2.92. The van der Waals surface area contributed by atoms with Crippen LogP contribution in [-0.2, 0) is 12.8 Å². The van der Waals surface area contributed by atoms with Crippen LogP contribution in [0.25, 0.3) is 0 Å². The highest BCUT2D eigenvalue weighted by atomic mass is 127. The quantitative estimate of drug-likeness (QED) is 0.324. The van der Waals surface area contributed by atoms with Crippen molar-refractivity contribution in [2.45, 2.75) is 40.0 Å². The van der Waals surface area contributed by atoms with Crippen LogP contribution in [0.3, 0.4) is 0 Å². The van der Waals surface area contributed by atoms with Gasteiger partial charge in [0.25, 0.3) is 0 Å². The SMILES string of the molecule is CC(C)(C)[C@@H]1CCc2c(sc(N=Cc3cc(I)cc(I)c3O)c2C#N)C1. The van der Waals surface area contributed by atoms with E-state index in [9.17, 15) is 10.4 Å². The number of hydrogen-bond acceptors (Lipinski definition) is 4. The summed E-state index contributed by atoms with van der Waals surface area (Å²) >= 11 is 5.98. The number of thiophene rings is 1. The van der Waals surface area contributed by atoms with Gasteiger partial charge in [-0.3, -0.25) is 0 Å². The molecule has 26 heavy (non-hydrogen) atoms. The molecule has 1 aliphatic rings. The van der Waals surface area contributed by atoms with E-state index in [0.717, 1.165) is 31.4 Å². The van der Waals surface area contributed by atoms with Gasteiger partial charge in [0.2, 0.25) is 0 Å². The van der Waals surface area contributed by atoms with Crippen LogP contribution in [0.2, 0.25) is 0 Å². The third-order valence-electron chi connectivity index (χ3n) is 4.96. The van der Waals surface area contributed by atoms with E-state index in [1.807, 2.05) is 12.1 Å². The van der Waals surface area contributed by atoms with Crippen molar-refractivity contribution in [3.63, 3.8) is 0 Å². The van der Waals surface area contributed by atoms with Gasteiger partial charge in [-0.1, -0.05) is 20.8 Å². The predicted octanol–water partition coefficient (Wildman–Crippen LogP) is 6.44. The first-order valence-electron chi connectivity index (χ1n) is 8.47. The first-order valence-corrected chi connectivity index (χ1v) is 11.4. The molecule has 3 rings (SSSR count). The number of benzene rings is 1. The fourth-order valence-electron chi connectivity index (χ4n) is 3.33. The van der Waals surface area contributed by atoms with Crippen molar-refractivity contribution < 1.29 is 5.11 Å². The molecule has 2 aromatic rings. The van der Waals surface area contributed by atoms with Crippen molar-refractivity contribution in [2.24, 2.45) is 16.3 Å².